The molecule has 0 amide bonds. The van der Waals surface area contributed by atoms with E-state index < -0.39 is 0 Å². The molecule has 2 heterocycles. The molecule has 1 unspecified atom stereocenters. The Kier molecular flexibility index (Phi) is 6.79. The predicted octanol–water partition coefficient (Wildman–Crippen LogP) is 5.19. The second-order valence-electron chi connectivity index (χ2n) is 8.36. The lowest BCUT2D eigenvalue weighted by Crippen LogP contribution is -2.18. The van der Waals surface area contributed by atoms with Crippen LogP contribution in [0.1, 0.15) is 30.0 Å². The summed E-state index contributed by atoms with van der Waals surface area (Å²) in [5, 5.41) is 6.85. The zero-order chi connectivity index (χ0) is 24.9. The van der Waals surface area contributed by atoms with Gasteiger partial charge in [0.15, 0.2) is 17.3 Å². The summed E-state index contributed by atoms with van der Waals surface area (Å²) in [5.74, 6) is 3.20. The van der Waals surface area contributed by atoms with Crippen molar-refractivity contribution in [1.29, 1.82) is 0 Å². The van der Waals surface area contributed by atoms with Gasteiger partial charge in [-0.1, -0.05) is 24.3 Å². The fourth-order valence-electron chi connectivity index (χ4n) is 4.54. The van der Waals surface area contributed by atoms with Crippen molar-refractivity contribution in [2.45, 2.75) is 25.3 Å². The summed E-state index contributed by atoms with van der Waals surface area (Å²) < 4.78 is 16.3. The van der Waals surface area contributed by atoms with Crippen LogP contribution in [0.15, 0.2) is 61.1 Å². The molecule has 184 valence electrons. The van der Waals surface area contributed by atoms with Crippen LogP contribution >= 0.6 is 0 Å². The number of fused-ring (bicyclic) bond motifs is 1. The number of hydrogen-bond donors (Lipinski definition) is 2. The number of anilines is 3. The number of aryl methyl sites for hydroxylation is 1. The fraction of sp³-hybridized carbons (Fsp3) is 0.259. The smallest absolute Gasteiger partial charge is 0.230 e. The first-order valence-electron chi connectivity index (χ1n) is 11.8. The molecule has 9 nitrogen and oxygen atoms in total. The summed E-state index contributed by atoms with van der Waals surface area (Å²) in [5.41, 5.74) is 4.19. The third kappa shape index (κ3) is 4.72. The molecule has 36 heavy (non-hydrogen) atoms. The number of methoxy groups -OCH3 is 3. The predicted molar refractivity (Wildman–Crippen MR) is 138 cm³/mol. The Morgan fingerprint density at radius 3 is 2.47 bits per heavy atom. The molecule has 0 saturated heterocycles. The van der Waals surface area contributed by atoms with Gasteiger partial charge >= 0.3 is 0 Å². The quantitative estimate of drug-likeness (QED) is 0.349. The van der Waals surface area contributed by atoms with Crippen LogP contribution in [0, 0.1) is 0 Å². The Morgan fingerprint density at radius 1 is 0.889 bits per heavy atom. The van der Waals surface area contributed by atoms with E-state index in [-0.39, 0.29) is 6.04 Å². The molecule has 5 rings (SSSR count). The number of nitrogens with zero attached hydrogens (tertiary/aromatic N) is 4. The topological polar surface area (TPSA) is 103 Å². The third-order valence-electron chi connectivity index (χ3n) is 6.22. The van der Waals surface area contributed by atoms with Gasteiger partial charge < -0.3 is 24.8 Å². The number of benzene rings is 2. The Bertz CT molecular complexity index is 1340. The van der Waals surface area contributed by atoms with E-state index >= 15 is 0 Å². The monoisotopic (exact) mass is 484 g/mol. The van der Waals surface area contributed by atoms with E-state index in [2.05, 4.69) is 54.8 Å². The highest BCUT2D eigenvalue weighted by Gasteiger charge is 2.22. The van der Waals surface area contributed by atoms with Gasteiger partial charge in [0.05, 0.1) is 32.9 Å². The van der Waals surface area contributed by atoms with E-state index in [4.69, 9.17) is 14.2 Å². The highest BCUT2D eigenvalue weighted by atomic mass is 16.5. The van der Waals surface area contributed by atoms with Crippen LogP contribution in [-0.4, -0.2) is 41.3 Å². The van der Waals surface area contributed by atoms with Crippen LogP contribution in [0.2, 0.25) is 0 Å². The van der Waals surface area contributed by atoms with Crippen molar-refractivity contribution in [2.75, 3.05) is 32.0 Å². The van der Waals surface area contributed by atoms with Gasteiger partial charge in [0, 0.05) is 24.0 Å². The Hall–Kier alpha value is -4.40. The zero-order valence-corrected chi connectivity index (χ0v) is 20.5. The molecule has 1 aliphatic carbocycles. The van der Waals surface area contributed by atoms with E-state index in [1.54, 1.807) is 39.7 Å². The first kappa shape index (κ1) is 23.3. The second kappa shape index (κ2) is 10.5. The van der Waals surface area contributed by atoms with E-state index in [1.165, 1.54) is 17.5 Å². The van der Waals surface area contributed by atoms with Crippen molar-refractivity contribution in [3.05, 3.63) is 72.2 Å². The van der Waals surface area contributed by atoms with Crippen molar-refractivity contribution in [2.24, 2.45) is 0 Å². The van der Waals surface area contributed by atoms with Gasteiger partial charge in [0.1, 0.15) is 12.1 Å². The summed E-state index contributed by atoms with van der Waals surface area (Å²) in [4.78, 5) is 18.0. The molecule has 2 aromatic heterocycles. The highest BCUT2D eigenvalue weighted by molar-refractivity contribution is 5.72. The summed E-state index contributed by atoms with van der Waals surface area (Å²) in [6, 6.07) is 16.2. The number of nitrogens with one attached hydrogen (secondary N) is 2. The molecule has 2 N–H and O–H groups in total. The Balaban J connectivity index is 1.43. The molecule has 0 fully saturated rings. The number of pyridine rings is 1. The molecule has 1 atom stereocenters. The maximum atomic E-state index is 5.45. The summed E-state index contributed by atoms with van der Waals surface area (Å²) >= 11 is 0. The molecule has 0 aliphatic heterocycles. The molecule has 9 heteroatoms. The minimum atomic E-state index is 0.183. The minimum Gasteiger partial charge on any atom is -0.493 e. The normalized spacial score (nSPS) is 14.5. The molecule has 1 aliphatic rings. The summed E-state index contributed by atoms with van der Waals surface area (Å²) in [6.07, 6.45) is 6.53. The summed E-state index contributed by atoms with van der Waals surface area (Å²) in [7, 11) is 4.71. The Labute approximate surface area is 209 Å². The molecule has 0 radical (unpaired) electrons. The number of hydrogen-bond acceptors (Lipinski definition) is 9. The van der Waals surface area contributed by atoms with E-state index in [0.29, 0.717) is 34.7 Å². The van der Waals surface area contributed by atoms with Crippen molar-refractivity contribution < 1.29 is 14.2 Å². The van der Waals surface area contributed by atoms with Crippen LogP contribution in [-0.2, 0) is 6.42 Å². The fourth-order valence-corrected chi connectivity index (χ4v) is 4.54. The molecule has 0 spiro atoms. The maximum Gasteiger partial charge on any atom is 0.230 e. The van der Waals surface area contributed by atoms with Crippen molar-refractivity contribution in [3.8, 4) is 28.6 Å². The van der Waals surface area contributed by atoms with Gasteiger partial charge in [0.25, 0.3) is 0 Å². The molecular formula is C27H28N6O3. The first-order valence-corrected chi connectivity index (χ1v) is 11.8. The third-order valence-corrected chi connectivity index (χ3v) is 6.22. The number of aromatic nitrogens is 4. The molecule has 0 saturated carbocycles. The molecular weight excluding hydrogens is 456 g/mol. The number of rotatable bonds is 8. The van der Waals surface area contributed by atoms with Gasteiger partial charge in [-0.05, 0) is 42.5 Å². The standard InChI is InChI=1S/C27H28N6O3/c1-34-22-14-18(15-23(35-2)24(22)36-3)31-27-30-16-29-26(33-27)20-11-7-13-28-25(20)32-21-12-6-9-17-8-4-5-10-19(17)21/h4-5,7-8,10-11,13-16,21H,6,9,12H2,1-3H3,(H,28,32)(H,29,30,31,33). The van der Waals surface area contributed by atoms with Crippen molar-refractivity contribution >= 4 is 17.5 Å². The van der Waals surface area contributed by atoms with Crippen LogP contribution in [0.25, 0.3) is 11.4 Å². The molecule has 2 aromatic carbocycles. The van der Waals surface area contributed by atoms with Crippen molar-refractivity contribution in [1.82, 2.24) is 19.9 Å². The SMILES string of the molecule is COc1cc(Nc2ncnc(-c3cccnc3NC3CCCc4ccccc43)n2)cc(OC)c1OC. The van der Waals surface area contributed by atoms with E-state index in [0.717, 1.165) is 30.6 Å². The van der Waals surface area contributed by atoms with Gasteiger partial charge in [-0.25, -0.2) is 15.0 Å². The van der Waals surface area contributed by atoms with Crippen LogP contribution in [0.5, 0.6) is 17.2 Å². The lowest BCUT2D eigenvalue weighted by Gasteiger charge is -2.27. The largest absolute Gasteiger partial charge is 0.493 e. The number of ether oxygens (including phenoxy) is 3. The van der Waals surface area contributed by atoms with Gasteiger partial charge in [-0.15, -0.1) is 0 Å². The van der Waals surface area contributed by atoms with Crippen LogP contribution < -0.4 is 24.8 Å². The highest BCUT2D eigenvalue weighted by Crippen LogP contribution is 2.40. The molecule has 0 bridgehead atoms. The molecule has 4 aromatic rings. The first-order chi connectivity index (χ1) is 17.7. The van der Waals surface area contributed by atoms with Crippen molar-refractivity contribution in [3.63, 3.8) is 0 Å². The average molecular weight is 485 g/mol. The lowest BCUT2D eigenvalue weighted by molar-refractivity contribution is 0.324. The van der Waals surface area contributed by atoms with Crippen LogP contribution in [0.4, 0.5) is 17.5 Å². The van der Waals surface area contributed by atoms with E-state index in [9.17, 15) is 0 Å². The van der Waals surface area contributed by atoms with Gasteiger partial charge in [-0.2, -0.15) is 4.98 Å². The van der Waals surface area contributed by atoms with Gasteiger partial charge in [0.2, 0.25) is 11.7 Å². The van der Waals surface area contributed by atoms with Gasteiger partial charge in [-0.3, -0.25) is 0 Å². The lowest BCUT2D eigenvalue weighted by atomic mass is 9.87. The second-order valence-corrected chi connectivity index (χ2v) is 8.36. The minimum absolute atomic E-state index is 0.183. The van der Waals surface area contributed by atoms with E-state index in [1.807, 2.05) is 12.1 Å². The average Bonchev–Trinajstić information content (AvgIpc) is 2.93. The summed E-state index contributed by atoms with van der Waals surface area (Å²) in [6.45, 7) is 0. The van der Waals surface area contributed by atoms with Crippen LogP contribution in [0.3, 0.4) is 0 Å². The maximum absolute atomic E-state index is 5.45. The Morgan fingerprint density at radius 2 is 1.69 bits per heavy atom. The zero-order valence-electron chi connectivity index (χ0n) is 20.5.